The normalized spacial score (nSPS) is 13.5. The monoisotopic (exact) mass is 142 g/mol. The highest BCUT2D eigenvalue weighted by molar-refractivity contribution is 5.10. The standard InChI is InChI=1S/C7H11FN2/c1-10-4-2-3-7(10)6(9)5-8/h2-4,6H,5,9H2,1H3/t6-/m1/s1. The summed E-state index contributed by atoms with van der Waals surface area (Å²) in [5.41, 5.74) is 6.28. The van der Waals surface area contributed by atoms with Crippen LogP contribution in [-0.4, -0.2) is 11.2 Å². The van der Waals surface area contributed by atoms with Gasteiger partial charge in [0, 0.05) is 18.9 Å². The second kappa shape index (κ2) is 2.84. The van der Waals surface area contributed by atoms with Gasteiger partial charge in [-0.05, 0) is 12.1 Å². The SMILES string of the molecule is Cn1cccc1[C@H](N)CF. The summed E-state index contributed by atoms with van der Waals surface area (Å²) in [4.78, 5) is 0. The van der Waals surface area contributed by atoms with Crippen LogP contribution in [0.15, 0.2) is 18.3 Å². The van der Waals surface area contributed by atoms with E-state index >= 15 is 0 Å². The molecule has 56 valence electrons. The molecule has 0 unspecified atom stereocenters. The molecule has 1 rings (SSSR count). The Morgan fingerprint density at radius 2 is 2.50 bits per heavy atom. The summed E-state index contributed by atoms with van der Waals surface area (Å²) in [5.74, 6) is 0. The highest BCUT2D eigenvalue weighted by Crippen LogP contribution is 2.09. The minimum absolute atomic E-state index is 0.472. The van der Waals surface area contributed by atoms with Gasteiger partial charge >= 0.3 is 0 Å². The number of rotatable bonds is 2. The maximum Gasteiger partial charge on any atom is 0.110 e. The number of hydrogen-bond donors (Lipinski definition) is 1. The van der Waals surface area contributed by atoms with Gasteiger partial charge in [0.2, 0.25) is 0 Å². The molecule has 0 saturated carbocycles. The van der Waals surface area contributed by atoms with Crippen LogP contribution in [0.25, 0.3) is 0 Å². The first-order valence-corrected chi connectivity index (χ1v) is 3.18. The van der Waals surface area contributed by atoms with Crippen LogP contribution in [0.4, 0.5) is 4.39 Å². The highest BCUT2D eigenvalue weighted by atomic mass is 19.1. The number of nitrogens with zero attached hydrogens (tertiary/aromatic N) is 1. The van der Waals surface area contributed by atoms with Crippen molar-refractivity contribution in [1.29, 1.82) is 0 Å². The van der Waals surface area contributed by atoms with Crippen LogP contribution in [-0.2, 0) is 7.05 Å². The Morgan fingerprint density at radius 3 is 2.90 bits per heavy atom. The van der Waals surface area contributed by atoms with Crippen molar-refractivity contribution in [3.8, 4) is 0 Å². The molecule has 0 fully saturated rings. The number of halogens is 1. The van der Waals surface area contributed by atoms with E-state index in [0.29, 0.717) is 0 Å². The largest absolute Gasteiger partial charge is 0.353 e. The van der Waals surface area contributed by atoms with Crippen molar-refractivity contribution in [2.75, 3.05) is 6.67 Å². The fraction of sp³-hybridized carbons (Fsp3) is 0.429. The van der Waals surface area contributed by atoms with Gasteiger partial charge in [0.1, 0.15) is 6.67 Å². The molecule has 0 aromatic carbocycles. The first-order valence-electron chi connectivity index (χ1n) is 3.18. The summed E-state index contributed by atoms with van der Waals surface area (Å²) in [6.45, 7) is -0.502. The van der Waals surface area contributed by atoms with Crippen LogP contribution in [0, 0.1) is 0 Å². The third kappa shape index (κ3) is 1.19. The number of hydrogen-bond acceptors (Lipinski definition) is 1. The first kappa shape index (κ1) is 7.28. The molecule has 0 aliphatic rings. The zero-order valence-corrected chi connectivity index (χ0v) is 5.92. The van der Waals surface area contributed by atoms with Gasteiger partial charge in [-0.3, -0.25) is 0 Å². The van der Waals surface area contributed by atoms with Crippen molar-refractivity contribution in [3.05, 3.63) is 24.0 Å². The zero-order chi connectivity index (χ0) is 7.56. The highest BCUT2D eigenvalue weighted by Gasteiger charge is 2.06. The van der Waals surface area contributed by atoms with Crippen LogP contribution in [0.3, 0.4) is 0 Å². The van der Waals surface area contributed by atoms with Gasteiger partial charge in [0.25, 0.3) is 0 Å². The molecule has 1 aromatic rings. The molecule has 0 saturated heterocycles. The van der Waals surface area contributed by atoms with E-state index in [1.54, 1.807) is 0 Å². The molecule has 2 nitrogen and oxygen atoms in total. The lowest BCUT2D eigenvalue weighted by atomic mass is 10.2. The van der Waals surface area contributed by atoms with Crippen molar-refractivity contribution in [2.45, 2.75) is 6.04 Å². The molecule has 2 N–H and O–H groups in total. The second-order valence-corrected chi connectivity index (χ2v) is 2.30. The molecule has 0 amide bonds. The fourth-order valence-electron chi connectivity index (χ4n) is 0.939. The van der Waals surface area contributed by atoms with E-state index in [1.165, 1.54) is 0 Å². The lowest BCUT2D eigenvalue weighted by Crippen LogP contribution is -2.15. The van der Waals surface area contributed by atoms with E-state index < -0.39 is 12.7 Å². The topological polar surface area (TPSA) is 30.9 Å². The van der Waals surface area contributed by atoms with Crippen molar-refractivity contribution < 1.29 is 4.39 Å². The molecule has 3 heteroatoms. The van der Waals surface area contributed by atoms with Crippen molar-refractivity contribution >= 4 is 0 Å². The maximum absolute atomic E-state index is 12.0. The average molecular weight is 142 g/mol. The number of aryl methyl sites for hydroxylation is 1. The quantitative estimate of drug-likeness (QED) is 0.656. The van der Waals surface area contributed by atoms with Crippen molar-refractivity contribution in [3.63, 3.8) is 0 Å². The summed E-state index contributed by atoms with van der Waals surface area (Å²) in [5, 5.41) is 0. The molecular formula is C7H11FN2. The molecule has 0 aliphatic carbocycles. The van der Waals surface area contributed by atoms with Crippen LogP contribution < -0.4 is 5.73 Å². The third-order valence-electron chi connectivity index (χ3n) is 1.53. The number of nitrogens with two attached hydrogens (primary N) is 1. The molecule has 0 radical (unpaired) electrons. The van der Waals surface area contributed by atoms with Gasteiger partial charge in [-0.25, -0.2) is 4.39 Å². The summed E-state index contributed by atoms with van der Waals surface area (Å²) >= 11 is 0. The predicted molar refractivity (Wildman–Crippen MR) is 38.3 cm³/mol. The molecule has 1 aromatic heterocycles. The third-order valence-corrected chi connectivity index (χ3v) is 1.53. The molecular weight excluding hydrogens is 131 g/mol. The number of alkyl halides is 1. The second-order valence-electron chi connectivity index (χ2n) is 2.30. The zero-order valence-electron chi connectivity index (χ0n) is 5.92. The molecule has 0 aliphatic heterocycles. The number of aromatic nitrogens is 1. The summed E-state index contributed by atoms with van der Waals surface area (Å²) in [6.07, 6.45) is 1.85. The Labute approximate surface area is 59.5 Å². The Morgan fingerprint density at radius 1 is 1.80 bits per heavy atom. The van der Waals surface area contributed by atoms with E-state index in [9.17, 15) is 4.39 Å². The lowest BCUT2D eigenvalue weighted by molar-refractivity contribution is 0.426. The minimum Gasteiger partial charge on any atom is -0.353 e. The van der Waals surface area contributed by atoms with Gasteiger partial charge in [-0.1, -0.05) is 0 Å². The predicted octanol–water partition coefficient (Wildman–Crippen LogP) is 0.994. The van der Waals surface area contributed by atoms with Gasteiger partial charge in [-0.2, -0.15) is 0 Å². The Balaban J connectivity index is 2.82. The van der Waals surface area contributed by atoms with E-state index in [0.717, 1.165) is 5.69 Å². The molecule has 1 atom stereocenters. The van der Waals surface area contributed by atoms with Gasteiger partial charge in [0.15, 0.2) is 0 Å². The summed E-state index contributed by atoms with van der Waals surface area (Å²) in [6, 6.07) is 3.20. The van der Waals surface area contributed by atoms with Gasteiger partial charge in [0.05, 0.1) is 6.04 Å². The van der Waals surface area contributed by atoms with Gasteiger partial charge in [-0.15, -0.1) is 0 Å². The van der Waals surface area contributed by atoms with E-state index in [-0.39, 0.29) is 0 Å². The van der Waals surface area contributed by atoms with Gasteiger partial charge < -0.3 is 10.3 Å². The molecule has 0 bridgehead atoms. The van der Waals surface area contributed by atoms with Crippen LogP contribution >= 0.6 is 0 Å². The summed E-state index contributed by atoms with van der Waals surface area (Å²) < 4.78 is 13.8. The van der Waals surface area contributed by atoms with Crippen LogP contribution in [0.2, 0.25) is 0 Å². The molecule has 0 spiro atoms. The Bertz CT molecular complexity index is 207. The van der Waals surface area contributed by atoms with Crippen molar-refractivity contribution in [2.24, 2.45) is 12.8 Å². The van der Waals surface area contributed by atoms with Crippen molar-refractivity contribution in [1.82, 2.24) is 4.57 Å². The van der Waals surface area contributed by atoms with E-state index in [1.807, 2.05) is 29.9 Å². The van der Waals surface area contributed by atoms with Crippen LogP contribution in [0.1, 0.15) is 11.7 Å². The fourth-order valence-corrected chi connectivity index (χ4v) is 0.939. The Hall–Kier alpha value is -0.830. The first-order chi connectivity index (χ1) is 4.75. The smallest absolute Gasteiger partial charge is 0.110 e. The van der Waals surface area contributed by atoms with Crippen LogP contribution in [0.5, 0.6) is 0 Å². The average Bonchev–Trinajstić information content (AvgIpc) is 2.34. The Kier molecular flexibility index (Phi) is 2.06. The van der Waals surface area contributed by atoms with E-state index in [2.05, 4.69) is 0 Å². The van der Waals surface area contributed by atoms with E-state index in [4.69, 9.17) is 5.73 Å². The lowest BCUT2D eigenvalue weighted by Gasteiger charge is -2.07. The minimum atomic E-state index is -0.502. The summed E-state index contributed by atoms with van der Waals surface area (Å²) in [7, 11) is 1.85. The molecule has 1 heterocycles. The molecule has 10 heavy (non-hydrogen) atoms. The maximum atomic E-state index is 12.0.